The highest BCUT2D eigenvalue weighted by Crippen LogP contribution is 2.44. The molecule has 8 heteroatoms. The van der Waals surface area contributed by atoms with Gasteiger partial charge in [-0.25, -0.2) is 0 Å². The molecule has 0 unspecified atom stereocenters. The highest BCUT2D eigenvalue weighted by atomic mass is 31.2. The standard InChI is InChI=1S/C21H12N3O4P/c22-13-26-16-4-1-7-19(10-16)29(25,20-8-2-5-17(11-20)27-14-23)21-9-3-6-18(12-21)28-15-24/h1-12H. The highest BCUT2D eigenvalue weighted by molar-refractivity contribution is 7.85. The zero-order valence-electron chi connectivity index (χ0n) is 14.9. The first kappa shape index (κ1) is 19.5. The normalized spacial score (nSPS) is 10.1. The van der Waals surface area contributed by atoms with Crippen LogP contribution in [0.4, 0.5) is 0 Å². The summed E-state index contributed by atoms with van der Waals surface area (Å²) in [5, 5.41) is 27.6. The van der Waals surface area contributed by atoms with Crippen molar-refractivity contribution in [2.24, 2.45) is 0 Å². The first-order valence-electron chi connectivity index (χ1n) is 8.21. The van der Waals surface area contributed by atoms with Gasteiger partial charge in [0.05, 0.1) is 0 Å². The second-order valence-electron chi connectivity index (χ2n) is 5.68. The quantitative estimate of drug-likeness (QED) is 0.460. The number of hydrogen-bond acceptors (Lipinski definition) is 7. The zero-order valence-corrected chi connectivity index (χ0v) is 15.7. The van der Waals surface area contributed by atoms with Crippen molar-refractivity contribution in [1.82, 2.24) is 0 Å². The van der Waals surface area contributed by atoms with Crippen LogP contribution < -0.4 is 30.1 Å². The van der Waals surface area contributed by atoms with Crippen molar-refractivity contribution < 1.29 is 18.8 Å². The minimum atomic E-state index is -3.50. The van der Waals surface area contributed by atoms with Gasteiger partial charge in [-0.15, -0.1) is 15.8 Å². The van der Waals surface area contributed by atoms with Crippen molar-refractivity contribution in [2.45, 2.75) is 0 Å². The Morgan fingerprint density at radius 2 is 0.897 bits per heavy atom. The summed E-state index contributed by atoms with van der Waals surface area (Å²) >= 11 is 0. The highest BCUT2D eigenvalue weighted by Gasteiger charge is 2.31. The lowest BCUT2D eigenvalue weighted by Crippen LogP contribution is -2.25. The van der Waals surface area contributed by atoms with Gasteiger partial charge < -0.3 is 18.8 Å². The lowest BCUT2D eigenvalue weighted by Gasteiger charge is -2.21. The lowest BCUT2D eigenvalue weighted by atomic mass is 10.3. The van der Waals surface area contributed by atoms with E-state index < -0.39 is 7.14 Å². The average molecular weight is 401 g/mol. The topological polar surface area (TPSA) is 116 Å². The summed E-state index contributed by atoms with van der Waals surface area (Å²) in [6.07, 6.45) is 4.78. The van der Waals surface area contributed by atoms with Crippen molar-refractivity contribution in [3.05, 3.63) is 72.8 Å². The number of hydrogen-bond donors (Lipinski definition) is 0. The molecule has 0 aliphatic carbocycles. The summed E-state index contributed by atoms with van der Waals surface area (Å²) < 4.78 is 29.1. The Labute approximate surface area is 166 Å². The van der Waals surface area contributed by atoms with E-state index in [0.29, 0.717) is 15.9 Å². The van der Waals surface area contributed by atoms with Crippen LogP contribution >= 0.6 is 7.14 Å². The fourth-order valence-corrected chi connectivity index (χ4v) is 5.54. The maximum absolute atomic E-state index is 14.5. The van der Waals surface area contributed by atoms with E-state index in [4.69, 9.17) is 30.0 Å². The molecule has 0 spiro atoms. The summed E-state index contributed by atoms with van der Waals surface area (Å²) in [6, 6.07) is 19.1. The predicted molar refractivity (Wildman–Crippen MR) is 105 cm³/mol. The van der Waals surface area contributed by atoms with E-state index in [2.05, 4.69) is 0 Å². The molecule has 0 aliphatic rings. The van der Waals surface area contributed by atoms with E-state index in [0.717, 1.165) is 0 Å². The third-order valence-corrected chi connectivity index (χ3v) is 7.05. The molecule has 0 amide bonds. The predicted octanol–water partition coefficient (Wildman–Crippen LogP) is 2.91. The van der Waals surface area contributed by atoms with Crippen LogP contribution in [0.15, 0.2) is 72.8 Å². The van der Waals surface area contributed by atoms with Crippen LogP contribution in [0.1, 0.15) is 0 Å². The molecule has 0 saturated carbocycles. The maximum Gasteiger partial charge on any atom is 0.292 e. The van der Waals surface area contributed by atoms with E-state index in [1.807, 2.05) is 0 Å². The minimum Gasteiger partial charge on any atom is -0.388 e. The molecule has 0 aliphatic heterocycles. The summed E-state index contributed by atoms with van der Waals surface area (Å²) in [6.45, 7) is 0. The van der Waals surface area contributed by atoms with Gasteiger partial charge in [0.15, 0.2) is 7.14 Å². The van der Waals surface area contributed by atoms with Crippen molar-refractivity contribution in [1.29, 1.82) is 15.8 Å². The lowest BCUT2D eigenvalue weighted by molar-refractivity contribution is 0.507. The molecule has 7 nitrogen and oxygen atoms in total. The fraction of sp³-hybridized carbons (Fsp3) is 0. The SMILES string of the molecule is N#COc1cccc(P(=O)(c2cccc(OC#N)c2)c2cccc(OC#N)c2)c1. The van der Waals surface area contributed by atoms with Crippen molar-refractivity contribution in [3.8, 4) is 36.0 Å². The first-order chi connectivity index (χ1) is 14.1. The van der Waals surface area contributed by atoms with Crippen LogP contribution in [0.25, 0.3) is 0 Å². The minimum absolute atomic E-state index is 0.235. The molecule has 0 heterocycles. The van der Waals surface area contributed by atoms with Crippen LogP contribution in [0.2, 0.25) is 0 Å². The summed E-state index contributed by atoms with van der Waals surface area (Å²) in [4.78, 5) is 0. The van der Waals surface area contributed by atoms with Crippen molar-refractivity contribution in [3.63, 3.8) is 0 Å². The molecule has 0 radical (unpaired) electrons. The van der Waals surface area contributed by atoms with Crippen molar-refractivity contribution in [2.75, 3.05) is 0 Å². The third-order valence-electron chi connectivity index (χ3n) is 4.03. The first-order valence-corrected chi connectivity index (χ1v) is 9.92. The molecule has 29 heavy (non-hydrogen) atoms. The second kappa shape index (κ2) is 8.63. The Hall–Kier alpha value is -4.24. The van der Waals surface area contributed by atoms with Crippen LogP contribution in [0.3, 0.4) is 0 Å². The molecule has 0 fully saturated rings. The third kappa shape index (κ3) is 4.04. The molecule has 0 bridgehead atoms. The van der Waals surface area contributed by atoms with Gasteiger partial charge in [0.25, 0.3) is 18.8 Å². The molecule has 3 aromatic rings. The summed E-state index contributed by atoms with van der Waals surface area (Å²) in [5.74, 6) is 0.706. The molecule has 0 saturated heterocycles. The summed E-state index contributed by atoms with van der Waals surface area (Å²) in [5.41, 5.74) is 0. The van der Waals surface area contributed by atoms with Crippen LogP contribution in [-0.4, -0.2) is 0 Å². The van der Waals surface area contributed by atoms with Crippen LogP contribution in [-0.2, 0) is 4.57 Å². The Morgan fingerprint density at radius 3 is 1.17 bits per heavy atom. The van der Waals surface area contributed by atoms with Gasteiger partial charge in [-0.2, -0.15) is 0 Å². The Bertz CT molecular complexity index is 1070. The van der Waals surface area contributed by atoms with Crippen molar-refractivity contribution >= 4 is 23.1 Å². The van der Waals surface area contributed by atoms with Crippen LogP contribution in [0.5, 0.6) is 17.2 Å². The van der Waals surface area contributed by atoms with Gasteiger partial charge in [-0.1, -0.05) is 36.4 Å². The number of nitrogens with zero attached hydrogens (tertiary/aromatic N) is 3. The Morgan fingerprint density at radius 1 is 0.586 bits per heavy atom. The Kier molecular flexibility index (Phi) is 5.81. The van der Waals surface area contributed by atoms with Gasteiger partial charge in [-0.3, -0.25) is 0 Å². The number of nitriles is 3. The van der Waals surface area contributed by atoms with E-state index in [1.54, 1.807) is 73.4 Å². The number of benzene rings is 3. The maximum atomic E-state index is 14.5. The van der Waals surface area contributed by atoms with E-state index in [1.165, 1.54) is 18.2 Å². The fourth-order valence-electron chi connectivity index (χ4n) is 2.83. The molecular formula is C21H12N3O4P. The van der Waals surface area contributed by atoms with Gasteiger partial charge in [-0.05, 0) is 36.4 Å². The monoisotopic (exact) mass is 401 g/mol. The van der Waals surface area contributed by atoms with E-state index in [-0.39, 0.29) is 17.2 Å². The van der Waals surface area contributed by atoms with E-state index >= 15 is 0 Å². The molecule has 3 aromatic carbocycles. The zero-order chi connectivity index (χ0) is 20.7. The molecule has 3 rings (SSSR count). The van der Waals surface area contributed by atoms with Crippen LogP contribution in [0, 0.1) is 34.6 Å². The van der Waals surface area contributed by atoms with Gasteiger partial charge >= 0.3 is 0 Å². The molecule has 140 valence electrons. The molecule has 0 atom stereocenters. The molecular weight excluding hydrogens is 389 g/mol. The molecule has 0 N–H and O–H groups in total. The second-order valence-corrected chi connectivity index (χ2v) is 8.45. The van der Waals surface area contributed by atoms with E-state index in [9.17, 15) is 4.57 Å². The summed E-state index contributed by atoms with van der Waals surface area (Å²) in [7, 11) is -3.50. The smallest absolute Gasteiger partial charge is 0.292 e. The largest absolute Gasteiger partial charge is 0.388 e. The van der Waals surface area contributed by atoms with Gasteiger partial charge in [0.2, 0.25) is 0 Å². The Balaban J connectivity index is 2.26. The number of rotatable bonds is 6. The number of ether oxygens (including phenoxy) is 3. The average Bonchev–Trinajstić information content (AvgIpc) is 2.74. The van der Waals surface area contributed by atoms with Gasteiger partial charge in [0, 0.05) is 15.9 Å². The molecule has 0 aromatic heterocycles. The van der Waals surface area contributed by atoms with Gasteiger partial charge in [0.1, 0.15) is 17.2 Å².